The molecule has 2 aromatic rings. The molecule has 0 saturated heterocycles. The van der Waals surface area contributed by atoms with Crippen molar-refractivity contribution >= 4 is 15.9 Å². The number of imidazole rings is 1. The van der Waals surface area contributed by atoms with Gasteiger partial charge in [-0.2, -0.15) is 0 Å². The molecule has 4 heteroatoms. The zero-order valence-electron chi connectivity index (χ0n) is 8.68. The Morgan fingerprint density at radius 2 is 2.13 bits per heavy atom. The van der Waals surface area contributed by atoms with Crippen LogP contribution in [-0.2, 0) is 0 Å². The first-order chi connectivity index (χ1) is 7.18. The summed E-state index contributed by atoms with van der Waals surface area (Å²) in [5.74, 6) is 0.909. The molecular weight excluding hydrogens is 254 g/mol. The largest absolute Gasteiger partial charge is 0.327 e. The maximum atomic E-state index is 4.39. The molecule has 2 rings (SSSR count). The predicted molar refractivity (Wildman–Crippen MR) is 63.5 cm³/mol. The number of pyridine rings is 1. The molecule has 0 N–H and O–H groups in total. The van der Waals surface area contributed by atoms with E-state index in [0.29, 0.717) is 6.04 Å². The van der Waals surface area contributed by atoms with Gasteiger partial charge in [-0.3, -0.25) is 0 Å². The summed E-state index contributed by atoms with van der Waals surface area (Å²) < 4.78 is 2.94. The zero-order chi connectivity index (χ0) is 10.8. The fourth-order valence-electron chi connectivity index (χ4n) is 1.46. The predicted octanol–water partition coefficient (Wildman–Crippen LogP) is 3.29. The maximum Gasteiger partial charge on any atom is 0.158 e. The molecule has 0 saturated carbocycles. The molecule has 3 nitrogen and oxygen atoms in total. The Morgan fingerprint density at radius 3 is 2.80 bits per heavy atom. The topological polar surface area (TPSA) is 30.7 Å². The van der Waals surface area contributed by atoms with Gasteiger partial charge in [0.15, 0.2) is 5.82 Å². The average Bonchev–Trinajstić information content (AvgIpc) is 2.65. The summed E-state index contributed by atoms with van der Waals surface area (Å²) in [4.78, 5) is 8.72. The SMILES string of the molecule is CC(C)n1ccnc1-c1cccc(Br)n1. The zero-order valence-corrected chi connectivity index (χ0v) is 10.3. The first-order valence-corrected chi connectivity index (χ1v) is 5.63. The second kappa shape index (κ2) is 4.14. The molecule has 0 aliphatic rings. The van der Waals surface area contributed by atoms with Gasteiger partial charge in [0.25, 0.3) is 0 Å². The van der Waals surface area contributed by atoms with E-state index < -0.39 is 0 Å². The van der Waals surface area contributed by atoms with Crippen molar-refractivity contribution in [1.29, 1.82) is 0 Å². The third-order valence-electron chi connectivity index (χ3n) is 2.17. The molecule has 0 fully saturated rings. The van der Waals surface area contributed by atoms with Gasteiger partial charge in [0, 0.05) is 18.4 Å². The lowest BCUT2D eigenvalue weighted by Crippen LogP contribution is -2.02. The van der Waals surface area contributed by atoms with E-state index in [2.05, 4.69) is 44.3 Å². The number of hydrogen-bond donors (Lipinski definition) is 0. The Bertz CT molecular complexity index is 462. The van der Waals surface area contributed by atoms with Crippen LogP contribution in [0.2, 0.25) is 0 Å². The van der Waals surface area contributed by atoms with Crippen LogP contribution < -0.4 is 0 Å². The third kappa shape index (κ3) is 2.09. The average molecular weight is 266 g/mol. The molecule has 0 aliphatic carbocycles. The van der Waals surface area contributed by atoms with E-state index in [0.717, 1.165) is 16.1 Å². The lowest BCUT2D eigenvalue weighted by molar-refractivity contribution is 0.605. The van der Waals surface area contributed by atoms with Gasteiger partial charge < -0.3 is 4.57 Å². The Morgan fingerprint density at radius 1 is 1.33 bits per heavy atom. The van der Waals surface area contributed by atoms with Crippen molar-refractivity contribution in [2.75, 3.05) is 0 Å². The molecule has 0 spiro atoms. The van der Waals surface area contributed by atoms with Crippen molar-refractivity contribution in [1.82, 2.24) is 14.5 Å². The Hall–Kier alpha value is -1.16. The highest BCUT2D eigenvalue weighted by atomic mass is 79.9. The quantitative estimate of drug-likeness (QED) is 0.781. The number of rotatable bonds is 2. The number of hydrogen-bond acceptors (Lipinski definition) is 2. The van der Waals surface area contributed by atoms with Crippen LogP contribution in [0.4, 0.5) is 0 Å². The second-order valence-corrected chi connectivity index (χ2v) is 4.41. The number of aromatic nitrogens is 3. The van der Waals surface area contributed by atoms with E-state index >= 15 is 0 Å². The minimum absolute atomic E-state index is 0.392. The van der Waals surface area contributed by atoms with E-state index in [-0.39, 0.29) is 0 Å². The van der Waals surface area contributed by atoms with Crippen molar-refractivity contribution in [3.63, 3.8) is 0 Å². The summed E-state index contributed by atoms with van der Waals surface area (Å²) in [7, 11) is 0. The standard InChI is InChI=1S/C11H12BrN3/c1-8(2)15-7-6-13-11(15)9-4-3-5-10(12)14-9/h3-8H,1-2H3. The van der Waals surface area contributed by atoms with Gasteiger partial charge in [-0.05, 0) is 41.9 Å². The van der Waals surface area contributed by atoms with E-state index in [4.69, 9.17) is 0 Å². The van der Waals surface area contributed by atoms with Crippen molar-refractivity contribution in [2.24, 2.45) is 0 Å². The van der Waals surface area contributed by atoms with E-state index in [1.165, 1.54) is 0 Å². The number of halogens is 1. The molecule has 2 heterocycles. The van der Waals surface area contributed by atoms with Crippen molar-refractivity contribution < 1.29 is 0 Å². The van der Waals surface area contributed by atoms with Gasteiger partial charge in [0.2, 0.25) is 0 Å². The molecule has 0 aromatic carbocycles. The fourth-order valence-corrected chi connectivity index (χ4v) is 1.80. The Balaban J connectivity index is 2.49. The van der Waals surface area contributed by atoms with Crippen molar-refractivity contribution in [3.8, 4) is 11.5 Å². The second-order valence-electron chi connectivity index (χ2n) is 3.60. The summed E-state index contributed by atoms with van der Waals surface area (Å²) in [6.45, 7) is 4.26. The first-order valence-electron chi connectivity index (χ1n) is 4.84. The van der Waals surface area contributed by atoms with Crippen LogP contribution in [0.3, 0.4) is 0 Å². The molecule has 0 radical (unpaired) electrons. The molecule has 0 aliphatic heterocycles. The van der Waals surface area contributed by atoms with E-state index in [1.54, 1.807) is 6.20 Å². The summed E-state index contributed by atoms with van der Waals surface area (Å²) in [6.07, 6.45) is 3.78. The molecule has 0 bridgehead atoms. The van der Waals surface area contributed by atoms with Crippen LogP contribution in [0.5, 0.6) is 0 Å². The summed E-state index contributed by atoms with van der Waals surface area (Å²) in [6, 6.07) is 6.23. The minimum atomic E-state index is 0.392. The lowest BCUT2D eigenvalue weighted by Gasteiger charge is -2.10. The minimum Gasteiger partial charge on any atom is -0.327 e. The van der Waals surface area contributed by atoms with Crippen LogP contribution >= 0.6 is 15.9 Å². The third-order valence-corrected chi connectivity index (χ3v) is 2.61. The molecule has 78 valence electrons. The highest BCUT2D eigenvalue weighted by Crippen LogP contribution is 2.20. The summed E-state index contributed by atoms with van der Waals surface area (Å²) >= 11 is 3.36. The molecule has 15 heavy (non-hydrogen) atoms. The molecule has 2 aromatic heterocycles. The Kier molecular flexibility index (Phi) is 2.86. The van der Waals surface area contributed by atoms with Gasteiger partial charge in [0.05, 0.1) is 0 Å². The van der Waals surface area contributed by atoms with E-state index in [1.807, 2.05) is 24.4 Å². The summed E-state index contributed by atoms with van der Waals surface area (Å²) in [5.41, 5.74) is 0.892. The molecule has 0 atom stereocenters. The van der Waals surface area contributed by atoms with Crippen molar-refractivity contribution in [2.45, 2.75) is 19.9 Å². The van der Waals surface area contributed by atoms with Crippen LogP contribution in [0.15, 0.2) is 35.2 Å². The van der Waals surface area contributed by atoms with Gasteiger partial charge in [-0.1, -0.05) is 6.07 Å². The van der Waals surface area contributed by atoms with Gasteiger partial charge in [0.1, 0.15) is 10.3 Å². The van der Waals surface area contributed by atoms with Crippen molar-refractivity contribution in [3.05, 3.63) is 35.2 Å². The lowest BCUT2D eigenvalue weighted by atomic mass is 10.3. The monoisotopic (exact) mass is 265 g/mol. The molecule has 0 unspecified atom stereocenters. The van der Waals surface area contributed by atoms with Crippen LogP contribution in [0.25, 0.3) is 11.5 Å². The fraction of sp³-hybridized carbons (Fsp3) is 0.273. The number of nitrogens with zero attached hydrogens (tertiary/aromatic N) is 3. The van der Waals surface area contributed by atoms with Gasteiger partial charge in [-0.15, -0.1) is 0 Å². The normalized spacial score (nSPS) is 10.9. The molecule has 0 amide bonds. The smallest absolute Gasteiger partial charge is 0.158 e. The molecular formula is C11H12BrN3. The first kappa shape index (κ1) is 10.4. The van der Waals surface area contributed by atoms with E-state index in [9.17, 15) is 0 Å². The van der Waals surface area contributed by atoms with Crippen LogP contribution in [0, 0.1) is 0 Å². The van der Waals surface area contributed by atoms with Crippen LogP contribution in [-0.4, -0.2) is 14.5 Å². The summed E-state index contributed by atoms with van der Waals surface area (Å²) in [5, 5.41) is 0. The Labute approximate surface area is 97.3 Å². The maximum absolute atomic E-state index is 4.39. The van der Waals surface area contributed by atoms with Crippen LogP contribution in [0.1, 0.15) is 19.9 Å². The van der Waals surface area contributed by atoms with Gasteiger partial charge >= 0.3 is 0 Å². The van der Waals surface area contributed by atoms with Gasteiger partial charge in [-0.25, -0.2) is 9.97 Å². The highest BCUT2D eigenvalue weighted by Gasteiger charge is 2.09. The highest BCUT2D eigenvalue weighted by molar-refractivity contribution is 9.10.